The Hall–Kier alpha value is -2.05. The van der Waals surface area contributed by atoms with Gasteiger partial charge in [-0.15, -0.1) is 0 Å². The van der Waals surface area contributed by atoms with E-state index in [-0.39, 0.29) is 18.1 Å². The predicted molar refractivity (Wildman–Crippen MR) is 93.3 cm³/mol. The first-order valence-electron chi connectivity index (χ1n) is 6.95. The Bertz CT molecular complexity index is 779. The van der Waals surface area contributed by atoms with Crippen LogP contribution >= 0.6 is 11.6 Å². The summed E-state index contributed by atoms with van der Waals surface area (Å²) in [6.07, 6.45) is -0.133. The topological polar surface area (TPSA) is 66.5 Å². The number of sulfonamides is 1. The SMILES string of the molecule is CN(c1ccccc1)S(=O)(=O)CCC(=O)Nc1cccc(Cl)c1. The molecule has 0 saturated carbocycles. The van der Waals surface area contributed by atoms with Gasteiger partial charge < -0.3 is 5.32 Å². The molecule has 23 heavy (non-hydrogen) atoms. The van der Waals surface area contributed by atoms with Crippen molar-refractivity contribution in [3.05, 3.63) is 59.6 Å². The smallest absolute Gasteiger partial charge is 0.235 e. The molecule has 0 fully saturated rings. The van der Waals surface area contributed by atoms with Crippen LogP contribution in [0.3, 0.4) is 0 Å². The van der Waals surface area contributed by atoms with Gasteiger partial charge in [0.2, 0.25) is 15.9 Å². The van der Waals surface area contributed by atoms with Crippen LogP contribution in [-0.4, -0.2) is 27.1 Å². The van der Waals surface area contributed by atoms with Crippen LogP contribution in [-0.2, 0) is 14.8 Å². The average molecular weight is 353 g/mol. The van der Waals surface area contributed by atoms with Crippen LogP contribution in [0.25, 0.3) is 0 Å². The summed E-state index contributed by atoms with van der Waals surface area (Å²) in [6.45, 7) is 0. The molecule has 0 aliphatic carbocycles. The van der Waals surface area contributed by atoms with Crippen LogP contribution in [0.1, 0.15) is 6.42 Å². The molecule has 0 unspecified atom stereocenters. The van der Waals surface area contributed by atoms with Gasteiger partial charge in [0.05, 0.1) is 11.4 Å². The molecule has 0 spiro atoms. The molecule has 2 aromatic rings. The van der Waals surface area contributed by atoms with E-state index >= 15 is 0 Å². The van der Waals surface area contributed by atoms with Gasteiger partial charge in [-0.05, 0) is 30.3 Å². The van der Waals surface area contributed by atoms with Gasteiger partial charge in [-0.2, -0.15) is 0 Å². The number of anilines is 2. The summed E-state index contributed by atoms with van der Waals surface area (Å²) in [4.78, 5) is 11.9. The lowest BCUT2D eigenvalue weighted by Crippen LogP contribution is -2.30. The number of carbonyl (C=O) groups excluding carboxylic acids is 1. The van der Waals surface area contributed by atoms with Crippen LogP contribution < -0.4 is 9.62 Å². The van der Waals surface area contributed by atoms with Crippen molar-refractivity contribution in [1.82, 2.24) is 0 Å². The normalized spacial score (nSPS) is 11.0. The van der Waals surface area contributed by atoms with Gasteiger partial charge in [-0.1, -0.05) is 35.9 Å². The predicted octanol–water partition coefficient (Wildman–Crippen LogP) is 3.13. The fourth-order valence-electron chi connectivity index (χ4n) is 1.95. The molecule has 0 heterocycles. The maximum Gasteiger partial charge on any atom is 0.235 e. The van der Waals surface area contributed by atoms with E-state index in [1.807, 2.05) is 6.07 Å². The van der Waals surface area contributed by atoms with Crippen molar-refractivity contribution in [2.75, 3.05) is 22.4 Å². The van der Waals surface area contributed by atoms with Crippen molar-refractivity contribution in [3.8, 4) is 0 Å². The summed E-state index contributed by atoms with van der Waals surface area (Å²) in [6, 6.07) is 15.4. The zero-order valence-corrected chi connectivity index (χ0v) is 14.1. The Morgan fingerprint density at radius 1 is 1.13 bits per heavy atom. The molecule has 0 aliphatic rings. The highest BCUT2D eigenvalue weighted by molar-refractivity contribution is 7.92. The number of nitrogens with zero attached hydrogens (tertiary/aromatic N) is 1. The lowest BCUT2D eigenvalue weighted by Gasteiger charge is -2.19. The van der Waals surface area contributed by atoms with Crippen molar-refractivity contribution in [1.29, 1.82) is 0 Å². The van der Waals surface area contributed by atoms with Gasteiger partial charge in [0.25, 0.3) is 0 Å². The molecular weight excluding hydrogens is 336 g/mol. The number of para-hydroxylation sites is 1. The van der Waals surface area contributed by atoms with Crippen LogP contribution in [0.5, 0.6) is 0 Å². The Balaban J connectivity index is 1.95. The molecule has 7 heteroatoms. The maximum absolute atomic E-state index is 12.3. The molecular formula is C16H17ClN2O3S. The van der Waals surface area contributed by atoms with E-state index in [0.717, 1.165) is 0 Å². The number of halogens is 1. The molecule has 0 bridgehead atoms. The third kappa shape index (κ3) is 4.97. The summed E-state index contributed by atoms with van der Waals surface area (Å²) < 4.78 is 25.7. The quantitative estimate of drug-likeness (QED) is 0.868. The van der Waals surface area contributed by atoms with E-state index in [2.05, 4.69) is 5.32 Å². The Morgan fingerprint density at radius 3 is 2.48 bits per heavy atom. The van der Waals surface area contributed by atoms with Gasteiger partial charge in [-0.25, -0.2) is 8.42 Å². The van der Waals surface area contributed by atoms with Crippen LogP contribution in [0.15, 0.2) is 54.6 Å². The molecule has 122 valence electrons. The molecule has 0 aromatic heterocycles. The first-order valence-corrected chi connectivity index (χ1v) is 8.94. The monoisotopic (exact) mass is 352 g/mol. The third-order valence-electron chi connectivity index (χ3n) is 3.23. The fourth-order valence-corrected chi connectivity index (χ4v) is 3.30. The van der Waals surface area contributed by atoms with Gasteiger partial charge in [0.15, 0.2) is 0 Å². The highest BCUT2D eigenvalue weighted by atomic mass is 35.5. The highest BCUT2D eigenvalue weighted by Crippen LogP contribution is 2.17. The number of rotatable bonds is 6. The summed E-state index contributed by atoms with van der Waals surface area (Å²) in [5, 5.41) is 3.13. The number of carbonyl (C=O) groups is 1. The Morgan fingerprint density at radius 2 is 1.83 bits per heavy atom. The van der Waals surface area contributed by atoms with Crippen molar-refractivity contribution in [2.24, 2.45) is 0 Å². The molecule has 0 radical (unpaired) electrons. The zero-order valence-electron chi connectivity index (χ0n) is 12.6. The Labute approximate surface area is 140 Å². The van der Waals surface area contributed by atoms with E-state index in [9.17, 15) is 13.2 Å². The molecule has 1 amide bonds. The minimum Gasteiger partial charge on any atom is -0.326 e. The number of amides is 1. The van der Waals surface area contributed by atoms with Crippen molar-refractivity contribution >= 4 is 38.9 Å². The van der Waals surface area contributed by atoms with E-state index in [1.54, 1.807) is 48.5 Å². The highest BCUT2D eigenvalue weighted by Gasteiger charge is 2.19. The van der Waals surface area contributed by atoms with Crippen LogP contribution in [0.2, 0.25) is 5.02 Å². The van der Waals surface area contributed by atoms with Crippen molar-refractivity contribution in [3.63, 3.8) is 0 Å². The van der Waals surface area contributed by atoms with Gasteiger partial charge in [-0.3, -0.25) is 9.10 Å². The second-order valence-corrected chi connectivity index (χ2v) is 7.48. The third-order valence-corrected chi connectivity index (χ3v) is 5.23. The summed E-state index contributed by atoms with van der Waals surface area (Å²) >= 11 is 5.83. The van der Waals surface area contributed by atoms with E-state index in [0.29, 0.717) is 16.4 Å². The molecule has 0 aliphatic heterocycles. The van der Waals surface area contributed by atoms with E-state index in [4.69, 9.17) is 11.6 Å². The number of hydrogen-bond donors (Lipinski definition) is 1. The first kappa shape index (κ1) is 17.3. The maximum atomic E-state index is 12.3. The average Bonchev–Trinajstić information content (AvgIpc) is 2.53. The zero-order chi connectivity index (χ0) is 16.9. The second kappa shape index (κ2) is 7.48. The molecule has 0 saturated heterocycles. The first-order chi connectivity index (χ1) is 10.9. The molecule has 0 atom stereocenters. The number of nitrogens with one attached hydrogen (secondary N) is 1. The van der Waals surface area contributed by atoms with Gasteiger partial charge in [0, 0.05) is 24.2 Å². The van der Waals surface area contributed by atoms with E-state index < -0.39 is 10.0 Å². The van der Waals surface area contributed by atoms with Crippen LogP contribution in [0.4, 0.5) is 11.4 Å². The lowest BCUT2D eigenvalue weighted by molar-refractivity contribution is -0.115. The molecule has 2 aromatic carbocycles. The molecule has 2 rings (SSSR count). The fraction of sp³-hybridized carbons (Fsp3) is 0.188. The van der Waals surface area contributed by atoms with Crippen molar-refractivity contribution < 1.29 is 13.2 Å². The molecule has 5 nitrogen and oxygen atoms in total. The Kier molecular flexibility index (Phi) is 5.63. The van der Waals surface area contributed by atoms with Crippen molar-refractivity contribution in [2.45, 2.75) is 6.42 Å². The van der Waals surface area contributed by atoms with E-state index in [1.165, 1.54) is 11.4 Å². The largest absolute Gasteiger partial charge is 0.326 e. The summed E-state index contributed by atoms with van der Waals surface area (Å²) in [7, 11) is -2.09. The van der Waals surface area contributed by atoms with Gasteiger partial charge in [0.1, 0.15) is 0 Å². The lowest BCUT2D eigenvalue weighted by atomic mass is 10.3. The minimum absolute atomic E-state index is 0.133. The summed E-state index contributed by atoms with van der Waals surface area (Å²) in [5.41, 5.74) is 1.10. The minimum atomic E-state index is -3.56. The van der Waals surface area contributed by atoms with Gasteiger partial charge >= 0.3 is 0 Å². The number of benzene rings is 2. The summed E-state index contributed by atoms with van der Waals surface area (Å²) in [5.74, 6) is -0.651. The second-order valence-electron chi connectivity index (χ2n) is 4.93. The standard InChI is InChI=1S/C16H17ClN2O3S/c1-19(15-8-3-2-4-9-15)23(21,22)11-10-16(20)18-14-7-5-6-13(17)12-14/h2-9,12H,10-11H2,1H3,(H,18,20). The number of hydrogen-bond acceptors (Lipinski definition) is 3. The molecule has 1 N–H and O–H groups in total. The van der Waals surface area contributed by atoms with Crippen LogP contribution in [0, 0.1) is 0 Å².